The number of hydrogen-bond acceptors (Lipinski definition) is 6. The third kappa shape index (κ3) is 25.3. The molecule has 0 radical (unpaired) electrons. The fraction of sp³-hybridized carbons (Fsp3) is 0.750. The predicted octanol–water partition coefficient (Wildman–Crippen LogP) is 11.6. The fourth-order valence-electron chi connectivity index (χ4n) is 3.69. The minimum absolute atomic E-state index is 0.238. The third-order valence-electron chi connectivity index (χ3n) is 5.88. The number of amides is 1. The van der Waals surface area contributed by atoms with Gasteiger partial charge in [-0.25, -0.2) is 22.6 Å². The van der Waals surface area contributed by atoms with Gasteiger partial charge < -0.3 is 15.0 Å². The number of carbonyl (C=O) groups is 1. The second kappa shape index (κ2) is 31.0. The van der Waals surface area contributed by atoms with Crippen LogP contribution in [0, 0.1) is 26.2 Å². The number of alkyl halides is 3. The first-order valence-corrected chi connectivity index (χ1v) is 19.4. The summed E-state index contributed by atoms with van der Waals surface area (Å²) >= 11 is 0. The van der Waals surface area contributed by atoms with E-state index in [4.69, 9.17) is 4.74 Å². The lowest BCUT2D eigenvalue weighted by atomic mass is 10.0. The van der Waals surface area contributed by atoms with Crippen LogP contribution in [0.4, 0.5) is 18.0 Å². The molecule has 2 aliphatic rings. The molecule has 5 rings (SSSR count). The molecule has 312 valence electrons. The monoisotopic (exact) mass is 761 g/mol. The second-order valence-corrected chi connectivity index (χ2v) is 13.5. The molecule has 2 saturated heterocycles. The van der Waals surface area contributed by atoms with Crippen molar-refractivity contribution in [3.8, 4) is 0 Å². The number of halogens is 3. The topological polar surface area (TPSA) is 95.0 Å². The lowest BCUT2D eigenvalue weighted by Crippen LogP contribution is -2.52. The van der Waals surface area contributed by atoms with Crippen molar-refractivity contribution in [2.45, 2.75) is 169 Å². The number of aryl methyl sites for hydroxylation is 3. The Hall–Kier alpha value is -3.35. The van der Waals surface area contributed by atoms with E-state index in [2.05, 4.69) is 61.4 Å². The quantitative estimate of drug-likeness (QED) is 0.284. The Morgan fingerprint density at radius 1 is 0.755 bits per heavy atom. The summed E-state index contributed by atoms with van der Waals surface area (Å²) in [6, 6.07) is 0.893. The molecule has 1 N–H and O–H groups in total. The van der Waals surface area contributed by atoms with Crippen LogP contribution in [-0.2, 0) is 11.5 Å². The molecule has 1 amide bonds. The Balaban J connectivity index is -0.000000294. The van der Waals surface area contributed by atoms with Crippen LogP contribution in [0.15, 0.2) is 31.0 Å². The maximum Gasteiger partial charge on any atom is 0.410 e. The van der Waals surface area contributed by atoms with Gasteiger partial charge in [0.25, 0.3) is 6.43 Å². The maximum absolute atomic E-state index is 12.1. The van der Waals surface area contributed by atoms with E-state index in [0.29, 0.717) is 34.8 Å². The number of nitrogens with zero attached hydrogens (tertiary/aromatic N) is 7. The molecule has 0 aliphatic carbocycles. The molecule has 0 aromatic carbocycles. The molecule has 0 atom stereocenters. The first-order chi connectivity index (χ1) is 24.9. The van der Waals surface area contributed by atoms with Crippen LogP contribution in [-0.4, -0.2) is 72.1 Å². The van der Waals surface area contributed by atoms with E-state index < -0.39 is 18.8 Å². The zero-order valence-electron chi connectivity index (χ0n) is 37.2. The minimum atomic E-state index is -2.66. The molecule has 3 aromatic heterocycles. The van der Waals surface area contributed by atoms with Crippen molar-refractivity contribution in [3.63, 3.8) is 0 Å². The zero-order chi connectivity index (χ0) is 42.5. The molecule has 2 aliphatic heterocycles. The summed E-state index contributed by atoms with van der Waals surface area (Å²) in [7, 11) is 0. The Morgan fingerprint density at radius 3 is 1.42 bits per heavy atom. The van der Waals surface area contributed by atoms with Crippen LogP contribution < -0.4 is 5.32 Å². The number of hydrogen-bond donors (Lipinski definition) is 1. The number of likely N-dealkylation sites (tertiary alicyclic amines) is 1. The van der Waals surface area contributed by atoms with Gasteiger partial charge in [-0.1, -0.05) is 96.9 Å². The van der Waals surface area contributed by atoms with Gasteiger partial charge in [-0.3, -0.25) is 9.36 Å². The van der Waals surface area contributed by atoms with Crippen LogP contribution in [0.25, 0.3) is 0 Å². The van der Waals surface area contributed by atoms with Gasteiger partial charge in [0.15, 0.2) is 6.80 Å². The van der Waals surface area contributed by atoms with Gasteiger partial charge in [-0.05, 0) is 63.6 Å². The summed E-state index contributed by atoms with van der Waals surface area (Å²) in [5.74, 6) is 0. The van der Waals surface area contributed by atoms with E-state index >= 15 is 0 Å². The SMILES string of the molecule is CC.CC.CC.CC.CC.CC(C)(C)C.Cc1cnn(C2CN(C(=O)OC(C)(C)C)C2)c1.Cc1cnn(C2CNC2)c1.Cc1cnn(CF)c1C(F)F. The summed E-state index contributed by atoms with van der Waals surface area (Å²) in [4.78, 5) is 13.4. The lowest BCUT2D eigenvalue weighted by molar-refractivity contribution is -0.000400. The summed E-state index contributed by atoms with van der Waals surface area (Å²) in [5.41, 5.74) is 2.43. The van der Waals surface area contributed by atoms with Crippen LogP contribution in [0.2, 0.25) is 0 Å². The maximum atomic E-state index is 12.1. The van der Waals surface area contributed by atoms with Crippen molar-refractivity contribution in [1.82, 2.24) is 39.6 Å². The van der Waals surface area contributed by atoms with Crippen LogP contribution in [0.5, 0.6) is 0 Å². The molecule has 5 heterocycles. The van der Waals surface area contributed by atoms with Gasteiger partial charge >= 0.3 is 6.09 Å². The summed E-state index contributed by atoms with van der Waals surface area (Å²) in [6.07, 6.45) is 6.14. The third-order valence-corrected chi connectivity index (χ3v) is 5.88. The Morgan fingerprint density at radius 2 is 1.15 bits per heavy atom. The largest absolute Gasteiger partial charge is 0.444 e. The normalized spacial score (nSPS) is 12.9. The number of ether oxygens (including phenoxy) is 1. The van der Waals surface area contributed by atoms with Gasteiger partial charge in [0, 0.05) is 38.6 Å². The Bertz CT molecular complexity index is 1260. The highest BCUT2D eigenvalue weighted by Crippen LogP contribution is 2.23. The molecule has 0 saturated carbocycles. The van der Waals surface area contributed by atoms with E-state index in [1.807, 2.05) is 125 Å². The van der Waals surface area contributed by atoms with Gasteiger partial charge in [0.1, 0.15) is 11.3 Å². The summed E-state index contributed by atoms with van der Waals surface area (Å²) in [6.45, 7) is 42.4. The van der Waals surface area contributed by atoms with E-state index in [1.54, 1.807) is 4.90 Å². The van der Waals surface area contributed by atoms with Crippen molar-refractivity contribution < 1.29 is 22.7 Å². The van der Waals surface area contributed by atoms with Crippen molar-refractivity contribution in [3.05, 3.63) is 53.4 Å². The molecule has 10 nitrogen and oxygen atoms in total. The van der Waals surface area contributed by atoms with Crippen LogP contribution in [0.1, 0.15) is 159 Å². The predicted molar refractivity (Wildman–Crippen MR) is 218 cm³/mol. The highest BCUT2D eigenvalue weighted by Gasteiger charge is 2.35. The van der Waals surface area contributed by atoms with E-state index in [-0.39, 0.29) is 17.8 Å². The molecule has 2 fully saturated rings. The van der Waals surface area contributed by atoms with Crippen LogP contribution >= 0.6 is 0 Å². The second-order valence-electron chi connectivity index (χ2n) is 13.5. The first kappa shape index (κ1) is 56.4. The van der Waals surface area contributed by atoms with Gasteiger partial charge in [0.05, 0.1) is 30.7 Å². The van der Waals surface area contributed by atoms with Crippen molar-refractivity contribution in [2.24, 2.45) is 5.41 Å². The molecule has 3 aromatic rings. The molecule has 0 bridgehead atoms. The van der Waals surface area contributed by atoms with Crippen molar-refractivity contribution in [2.75, 3.05) is 26.2 Å². The number of aromatic nitrogens is 6. The van der Waals surface area contributed by atoms with E-state index in [9.17, 15) is 18.0 Å². The summed E-state index contributed by atoms with van der Waals surface area (Å²) in [5, 5.41) is 15.1. The van der Waals surface area contributed by atoms with Gasteiger partial charge in [0.2, 0.25) is 0 Å². The summed E-state index contributed by atoms with van der Waals surface area (Å²) < 4.78 is 46.0. The lowest BCUT2D eigenvalue weighted by Gasteiger charge is -2.39. The highest BCUT2D eigenvalue weighted by molar-refractivity contribution is 5.69. The smallest absolute Gasteiger partial charge is 0.410 e. The minimum Gasteiger partial charge on any atom is -0.444 e. The average molecular weight is 761 g/mol. The molecule has 0 unspecified atom stereocenters. The highest BCUT2D eigenvalue weighted by atomic mass is 19.3. The molecule has 0 spiro atoms. The Labute approximate surface area is 322 Å². The molecular weight excluding hydrogens is 681 g/mol. The van der Waals surface area contributed by atoms with Gasteiger partial charge in [-0.2, -0.15) is 15.3 Å². The van der Waals surface area contributed by atoms with Gasteiger partial charge in [-0.15, -0.1) is 0 Å². The number of rotatable bonds is 4. The zero-order valence-corrected chi connectivity index (χ0v) is 37.2. The number of carbonyl (C=O) groups excluding carboxylic acids is 1. The number of nitrogens with one attached hydrogen (secondary N) is 1. The standard InChI is InChI=1S/C12H19N3O2.C7H11N3.C6H7F3N2.C5H12.5C2H6/c1-9-5-13-15(6-9)10-7-14(8-10)11(16)17-12(2,3)4;1-6-2-9-10(5-6)7-3-8-4-7;1-4-2-10-11(3-7)5(4)6(8)9;1-5(2,3)4;5*1-2/h5-6,10H,7-8H2,1-4H3;2,5,7-8H,3-4H2,1H3;2,6H,3H2,1H3;1-4H3;5*1-2H3. The average Bonchev–Trinajstić information content (AvgIpc) is 3.79. The van der Waals surface area contributed by atoms with Crippen LogP contribution in [0.3, 0.4) is 0 Å². The van der Waals surface area contributed by atoms with E-state index in [1.165, 1.54) is 18.7 Å². The Kier molecular flexibility index (Phi) is 33.0. The molecule has 13 heteroatoms. The van der Waals surface area contributed by atoms with E-state index in [0.717, 1.165) is 18.7 Å². The molecular formula is C40H79F3N8O2. The van der Waals surface area contributed by atoms with Crippen molar-refractivity contribution >= 4 is 6.09 Å². The van der Waals surface area contributed by atoms with Crippen molar-refractivity contribution in [1.29, 1.82) is 0 Å². The fourth-order valence-corrected chi connectivity index (χ4v) is 3.69. The molecule has 53 heavy (non-hydrogen) atoms. The first-order valence-electron chi connectivity index (χ1n) is 19.4.